The number of carbonyl (C=O) groups is 1. The Kier molecular flexibility index (Phi) is 5.86. The summed E-state index contributed by atoms with van der Waals surface area (Å²) < 4.78 is 17.1. The van der Waals surface area contributed by atoms with E-state index in [1.165, 1.54) is 11.3 Å². The minimum absolute atomic E-state index is 0.136. The van der Waals surface area contributed by atoms with Crippen LogP contribution in [0, 0.1) is 0 Å². The van der Waals surface area contributed by atoms with Gasteiger partial charge in [-0.1, -0.05) is 24.3 Å². The van der Waals surface area contributed by atoms with Crippen molar-refractivity contribution in [3.05, 3.63) is 65.7 Å². The van der Waals surface area contributed by atoms with Crippen molar-refractivity contribution in [3.63, 3.8) is 0 Å². The van der Waals surface area contributed by atoms with E-state index in [9.17, 15) is 4.79 Å². The molecule has 3 rings (SSSR count). The van der Waals surface area contributed by atoms with E-state index >= 15 is 0 Å². The topological polar surface area (TPSA) is 57.7 Å². The number of benzene rings is 2. The number of nitrogens with zero attached hydrogens (tertiary/aromatic N) is 1. The zero-order valence-electron chi connectivity index (χ0n) is 14.4. The lowest BCUT2D eigenvalue weighted by Gasteiger charge is -2.11. The largest absolute Gasteiger partial charge is 0.493 e. The predicted molar refractivity (Wildman–Crippen MR) is 102 cm³/mol. The van der Waals surface area contributed by atoms with Crippen molar-refractivity contribution in [1.82, 2.24) is 4.98 Å². The normalized spacial score (nSPS) is 10.5. The van der Waals surface area contributed by atoms with Crippen LogP contribution in [0.5, 0.6) is 11.5 Å². The molecule has 1 heterocycles. The van der Waals surface area contributed by atoms with Crippen molar-refractivity contribution < 1.29 is 19.0 Å². The number of hydrogen-bond acceptors (Lipinski definition) is 6. The minimum Gasteiger partial charge on any atom is -0.493 e. The van der Waals surface area contributed by atoms with Gasteiger partial charge in [0.15, 0.2) is 18.1 Å². The van der Waals surface area contributed by atoms with Gasteiger partial charge in [0, 0.05) is 0 Å². The van der Waals surface area contributed by atoms with Crippen LogP contribution in [0.25, 0.3) is 10.2 Å². The Balaban J connectivity index is 1.54. The molecule has 0 unspecified atom stereocenters. The summed E-state index contributed by atoms with van der Waals surface area (Å²) in [5.41, 5.74) is 1.96. The van der Waals surface area contributed by atoms with Gasteiger partial charge in [-0.15, -0.1) is 17.9 Å². The van der Waals surface area contributed by atoms with Gasteiger partial charge in [0.2, 0.25) is 0 Å². The van der Waals surface area contributed by atoms with E-state index in [2.05, 4.69) is 11.6 Å². The van der Waals surface area contributed by atoms with Crippen LogP contribution in [0.15, 0.2) is 55.1 Å². The molecule has 0 N–H and O–H groups in total. The second-order valence-corrected chi connectivity index (χ2v) is 6.62. The highest BCUT2D eigenvalue weighted by Crippen LogP contribution is 2.28. The summed E-state index contributed by atoms with van der Waals surface area (Å²) in [5.74, 6) is 0.613. The Morgan fingerprint density at radius 3 is 2.85 bits per heavy atom. The van der Waals surface area contributed by atoms with Crippen molar-refractivity contribution in [2.45, 2.75) is 13.0 Å². The lowest BCUT2D eigenvalue weighted by atomic mass is 10.1. The van der Waals surface area contributed by atoms with E-state index in [0.717, 1.165) is 27.2 Å². The molecule has 0 fully saturated rings. The van der Waals surface area contributed by atoms with Crippen LogP contribution in [0.2, 0.25) is 0 Å². The molecule has 2 aromatic carbocycles. The van der Waals surface area contributed by atoms with Gasteiger partial charge < -0.3 is 14.2 Å². The van der Waals surface area contributed by atoms with Crippen molar-refractivity contribution in [3.8, 4) is 11.5 Å². The van der Waals surface area contributed by atoms with Gasteiger partial charge in [-0.05, 0) is 36.2 Å². The molecular weight excluding hydrogens is 350 g/mol. The van der Waals surface area contributed by atoms with Gasteiger partial charge in [-0.3, -0.25) is 0 Å². The molecule has 0 radical (unpaired) electrons. The van der Waals surface area contributed by atoms with Crippen LogP contribution in [0.1, 0.15) is 10.6 Å². The summed E-state index contributed by atoms with van der Waals surface area (Å²) in [7, 11) is 1.56. The zero-order valence-corrected chi connectivity index (χ0v) is 15.3. The third kappa shape index (κ3) is 4.40. The average Bonchev–Trinajstić information content (AvgIpc) is 3.08. The van der Waals surface area contributed by atoms with Crippen LogP contribution in [0.4, 0.5) is 0 Å². The number of aromatic nitrogens is 1. The molecule has 0 saturated heterocycles. The van der Waals surface area contributed by atoms with E-state index in [0.29, 0.717) is 11.5 Å². The molecule has 1 aromatic heterocycles. The number of thiazole rings is 1. The van der Waals surface area contributed by atoms with Gasteiger partial charge in [0.05, 0.1) is 17.3 Å². The number of carbonyl (C=O) groups excluding carboxylic acids is 1. The van der Waals surface area contributed by atoms with Crippen LogP contribution in [-0.4, -0.2) is 24.7 Å². The Morgan fingerprint density at radius 2 is 2.08 bits per heavy atom. The summed E-state index contributed by atoms with van der Waals surface area (Å²) in [4.78, 5) is 16.4. The SMILES string of the molecule is C=CCc1ccc(OCC(=O)OCc2nc3ccccc3s2)c(OC)c1. The van der Waals surface area contributed by atoms with Crippen LogP contribution in [-0.2, 0) is 22.6 Å². The molecule has 0 bridgehead atoms. The lowest BCUT2D eigenvalue weighted by molar-refractivity contribution is -0.147. The number of hydrogen-bond donors (Lipinski definition) is 0. The highest BCUT2D eigenvalue weighted by Gasteiger charge is 2.11. The van der Waals surface area contributed by atoms with Gasteiger partial charge in [0.25, 0.3) is 0 Å². The fourth-order valence-electron chi connectivity index (χ4n) is 2.43. The molecule has 0 spiro atoms. The molecule has 0 aliphatic rings. The van der Waals surface area contributed by atoms with Gasteiger partial charge in [-0.25, -0.2) is 9.78 Å². The molecule has 0 amide bonds. The average molecular weight is 369 g/mol. The lowest BCUT2D eigenvalue weighted by Crippen LogP contribution is -2.15. The van der Waals surface area contributed by atoms with Crippen molar-refractivity contribution >= 4 is 27.5 Å². The second-order valence-electron chi connectivity index (χ2n) is 5.50. The third-order valence-corrected chi connectivity index (χ3v) is 4.66. The van der Waals surface area contributed by atoms with E-state index in [-0.39, 0.29) is 13.2 Å². The maximum Gasteiger partial charge on any atom is 0.344 e. The number of methoxy groups -OCH3 is 1. The summed E-state index contributed by atoms with van der Waals surface area (Å²) in [6.07, 6.45) is 2.55. The van der Waals surface area contributed by atoms with Gasteiger partial charge in [0.1, 0.15) is 11.6 Å². The summed E-state index contributed by atoms with van der Waals surface area (Å²) in [5, 5.41) is 0.755. The number of fused-ring (bicyclic) bond motifs is 1. The third-order valence-electron chi connectivity index (χ3n) is 3.65. The Hall–Kier alpha value is -2.86. The smallest absolute Gasteiger partial charge is 0.344 e. The summed E-state index contributed by atoms with van der Waals surface area (Å²) >= 11 is 1.51. The number of allylic oxidation sites excluding steroid dienone is 1. The van der Waals surface area contributed by atoms with E-state index in [1.54, 1.807) is 13.2 Å². The molecule has 5 nitrogen and oxygen atoms in total. The number of ether oxygens (including phenoxy) is 3. The standard InChI is InChI=1S/C20H19NO4S/c1-3-6-14-9-10-16(17(11-14)23-2)24-13-20(22)25-12-19-21-15-7-4-5-8-18(15)26-19/h3-5,7-11H,1,6,12-13H2,2H3. The maximum absolute atomic E-state index is 11.9. The monoisotopic (exact) mass is 369 g/mol. The van der Waals surface area contributed by atoms with E-state index in [4.69, 9.17) is 14.2 Å². The highest BCUT2D eigenvalue weighted by atomic mass is 32.1. The van der Waals surface area contributed by atoms with Gasteiger partial charge in [-0.2, -0.15) is 0 Å². The first kappa shape index (κ1) is 17.9. The van der Waals surface area contributed by atoms with Gasteiger partial charge >= 0.3 is 5.97 Å². The molecule has 3 aromatic rings. The quantitative estimate of drug-likeness (QED) is 0.441. The molecule has 0 saturated carbocycles. The molecule has 0 atom stereocenters. The highest BCUT2D eigenvalue weighted by molar-refractivity contribution is 7.18. The van der Waals surface area contributed by atoms with Crippen LogP contribution < -0.4 is 9.47 Å². The van der Waals surface area contributed by atoms with Crippen molar-refractivity contribution in [2.24, 2.45) is 0 Å². The Bertz CT molecular complexity index is 886. The zero-order chi connectivity index (χ0) is 18.4. The van der Waals surface area contributed by atoms with Crippen LogP contribution in [0.3, 0.4) is 0 Å². The van der Waals surface area contributed by atoms with Crippen LogP contribution >= 0.6 is 11.3 Å². The van der Waals surface area contributed by atoms with E-state index < -0.39 is 5.97 Å². The first-order valence-electron chi connectivity index (χ1n) is 8.10. The number of rotatable bonds is 8. The molecule has 26 heavy (non-hydrogen) atoms. The molecule has 6 heteroatoms. The number of esters is 1. The first-order chi connectivity index (χ1) is 12.7. The molecular formula is C20H19NO4S. The van der Waals surface area contributed by atoms with Crippen molar-refractivity contribution in [1.29, 1.82) is 0 Å². The maximum atomic E-state index is 11.9. The molecule has 134 valence electrons. The Labute approximate surface area is 155 Å². The fraction of sp³-hybridized carbons (Fsp3) is 0.200. The first-order valence-corrected chi connectivity index (χ1v) is 8.92. The summed E-state index contributed by atoms with van der Waals surface area (Å²) in [6, 6.07) is 13.4. The fourth-order valence-corrected chi connectivity index (χ4v) is 3.31. The Morgan fingerprint density at radius 1 is 1.23 bits per heavy atom. The van der Waals surface area contributed by atoms with E-state index in [1.807, 2.05) is 42.5 Å². The minimum atomic E-state index is -0.457. The predicted octanol–water partition coefficient (Wildman–Crippen LogP) is 4.16. The molecule has 0 aliphatic carbocycles. The summed E-state index contributed by atoms with van der Waals surface area (Å²) in [6.45, 7) is 3.66. The second kappa shape index (κ2) is 8.49. The van der Waals surface area contributed by atoms with Crippen molar-refractivity contribution in [2.75, 3.05) is 13.7 Å². The number of para-hydroxylation sites is 1. The molecule has 0 aliphatic heterocycles.